The Morgan fingerprint density at radius 2 is 1.69 bits per heavy atom. The molecule has 0 aliphatic heterocycles. The van der Waals surface area contributed by atoms with Gasteiger partial charge in [0, 0.05) is 19.0 Å². The maximum atomic E-state index is 13.1. The predicted octanol–water partition coefficient (Wildman–Crippen LogP) is 3.50. The summed E-state index contributed by atoms with van der Waals surface area (Å²) in [5.41, 5.74) is 1.53. The molecular weight excluding hydrogens is 348 g/mol. The molecule has 0 heterocycles. The SMILES string of the molecule is CCC(C)NC(=O)CCN(c1ccccc1)S(=O)(=O)c1ccc(C)cc1. The van der Waals surface area contributed by atoms with E-state index in [1.165, 1.54) is 4.31 Å². The van der Waals surface area contributed by atoms with Gasteiger partial charge in [-0.1, -0.05) is 42.8 Å². The van der Waals surface area contributed by atoms with Crippen LogP contribution in [0.1, 0.15) is 32.3 Å². The fourth-order valence-electron chi connectivity index (χ4n) is 2.47. The first-order valence-corrected chi connectivity index (χ1v) is 10.2. The number of nitrogens with zero attached hydrogens (tertiary/aromatic N) is 1. The lowest BCUT2D eigenvalue weighted by atomic mass is 10.2. The van der Waals surface area contributed by atoms with Gasteiger partial charge in [-0.3, -0.25) is 9.10 Å². The first kappa shape index (κ1) is 20.0. The lowest BCUT2D eigenvalue weighted by molar-refractivity contribution is -0.121. The van der Waals surface area contributed by atoms with E-state index in [0.29, 0.717) is 5.69 Å². The Labute approximate surface area is 156 Å². The summed E-state index contributed by atoms with van der Waals surface area (Å²) in [5.74, 6) is -0.153. The Balaban J connectivity index is 2.27. The summed E-state index contributed by atoms with van der Waals surface area (Å²) < 4.78 is 27.6. The number of benzene rings is 2. The molecule has 5 nitrogen and oxygen atoms in total. The molecule has 2 aromatic rings. The number of para-hydroxylation sites is 1. The predicted molar refractivity (Wildman–Crippen MR) is 105 cm³/mol. The molecule has 0 aliphatic carbocycles. The van der Waals surface area contributed by atoms with Crippen LogP contribution >= 0.6 is 0 Å². The average Bonchev–Trinajstić information content (AvgIpc) is 2.62. The van der Waals surface area contributed by atoms with Crippen molar-refractivity contribution in [2.24, 2.45) is 0 Å². The van der Waals surface area contributed by atoms with Crippen LogP contribution < -0.4 is 9.62 Å². The maximum Gasteiger partial charge on any atom is 0.264 e. The maximum absolute atomic E-state index is 13.1. The van der Waals surface area contributed by atoms with Crippen LogP contribution in [-0.4, -0.2) is 26.9 Å². The van der Waals surface area contributed by atoms with Crippen molar-refractivity contribution in [2.75, 3.05) is 10.8 Å². The summed E-state index contributed by atoms with van der Waals surface area (Å²) in [6.07, 6.45) is 0.931. The van der Waals surface area contributed by atoms with Gasteiger partial charge in [0.05, 0.1) is 10.6 Å². The van der Waals surface area contributed by atoms with E-state index < -0.39 is 10.0 Å². The van der Waals surface area contributed by atoms with Crippen LogP contribution in [0.15, 0.2) is 59.5 Å². The molecular formula is C20H26N2O3S. The highest BCUT2D eigenvalue weighted by atomic mass is 32.2. The molecule has 1 atom stereocenters. The zero-order chi connectivity index (χ0) is 19.2. The van der Waals surface area contributed by atoms with Gasteiger partial charge >= 0.3 is 0 Å². The molecule has 0 saturated heterocycles. The highest BCUT2D eigenvalue weighted by Gasteiger charge is 2.25. The zero-order valence-corrected chi connectivity index (χ0v) is 16.3. The van der Waals surface area contributed by atoms with Crippen molar-refractivity contribution in [3.63, 3.8) is 0 Å². The van der Waals surface area contributed by atoms with Gasteiger partial charge in [0.15, 0.2) is 0 Å². The normalized spacial score (nSPS) is 12.4. The molecule has 6 heteroatoms. The van der Waals surface area contributed by atoms with Crippen LogP contribution in [0.4, 0.5) is 5.69 Å². The number of rotatable bonds is 8. The number of carbonyl (C=O) groups excluding carboxylic acids is 1. The van der Waals surface area contributed by atoms with E-state index in [9.17, 15) is 13.2 Å². The lowest BCUT2D eigenvalue weighted by Gasteiger charge is -2.24. The quantitative estimate of drug-likeness (QED) is 0.769. The second-order valence-electron chi connectivity index (χ2n) is 6.35. The van der Waals surface area contributed by atoms with Crippen molar-refractivity contribution in [2.45, 2.75) is 44.6 Å². The summed E-state index contributed by atoms with van der Waals surface area (Å²) in [5, 5.41) is 2.87. The number of sulfonamides is 1. The van der Waals surface area contributed by atoms with Gasteiger partial charge in [0.25, 0.3) is 10.0 Å². The molecule has 140 valence electrons. The third-order valence-corrected chi connectivity index (χ3v) is 6.06. The molecule has 0 fully saturated rings. The van der Waals surface area contributed by atoms with E-state index in [1.54, 1.807) is 48.5 Å². The summed E-state index contributed by atoms with van der Waals surface area (Å²) in [6.45, 7) is 5.91. The molecule has 0 aliphatic rings. The summed E-state index contributed by atoms with van der Waals surface area (Å²) in [6, 6.07) is 15.7. The fraction of sp³-hybridized carbons (Fsp3) is 0.350. The second kappa shape index (κ2) is 8.85. The van der Waals surface area contributed by atoms with E-state index in [2.05, 4.69) is 5.32 Å². The van der Waals surface area contributed by atoms with Gasteiger partial charge < -0.3 is 5.32 Å². The van der Waals surface area contributed by atoms with Crippen molar-refractivity contribution in [1.29, 1.82) is 0 Å². The minimum Gasteiger partial charge on any atom is -0.354 e. The molecule has 0 bridgehead atoms. The largest absolute Gasteiger partial charge is 0.354 e. The number of hydrogen-bond acceptors (Lipinski definition) is 3. The van der Waals surface area contributed by atoms with E-state index in [4.69, 9.17) is 0 Å². The highest BCUT2D eigenvalue weighted by molar-refractivity contribution is 7.92. The third-order valence-electron chi connectivity index (χ3n) is 4.21. The van der Waals surface area contributed by atoms with Gasteiger partial charge in [-0.15, -0.1) is 0 Å². The summed E-state index contributed by atoms with van der Waals surface area (Å²) >= 11 is 0. The number of hydrogen-bond donors (Lipinski definition) is 1. The van der Waals surface area contributed by atoms with Gasteiger partial charge in [-0.25, -0.2) is 8.42 Å². The number of carbonyl (C=O) groups is 1. The molecule has 1 amide bonds. The van der Waals surface area contributed by atoms with Crippen LogP contribution in [0.2, 0.25) is 0 Å². The van der Waals surface area contributed by atoms with Crippen LogP contribution in [0.5, 0.6) is 0 Å². The van der Waals surface area contributed by atoms with Crippen molar-refractivity contribution >= 4 is 21.6 Å². The van der Waals surface area contributed by atoms with Crippen LogP contribution in [0.25, 0.3) is 0 Å². The monoisotopic (exact) mass is 374 g/mol. The summed E-state index contributed by atoms with van der Waals surface area (Å²) in [4.78, 5) is 12.3. The minimum absolute atomic E-state index is 0.0707. The standard InChI is InChI=1S/C20H26N2O3S/c1-4-17(3)21-20(23)14-15-22(18-8-6-5-7-9-18)26(24,25)19-12-10-16(2)11-13-19/h5-13,17H,4,14-15H2,1-3H3,(H,21,23). The van der Waals surface area contributed by atoms with Gasteiger partial charge in [-0.05, 0) is 44.5 Å². The molecule has 0 aromatic heterocycles. The van der Waals surface area contributed by atoms with Gasteiger partial charge in [0.2, 0.25) is 5.91 Å². The van der Waals surface area contributed by atoms with Crippen molar-refractivity contribution in [3.05, 3.63) is 60.2 Å². The van der Waals surface area contributed by atoms with E-state index in [0.717, 1.165) is 12.0 Å². The minimum atomic E-state index is -3.75. The van der Waals surface area contributed by atoms with Crippen LogP contribution in [0, 0.1) is 6.92 Å². The molecule has 26 heavy (non-hydrogen) atoms. The number of nitrogens with one attached hydrogen (secondary N) is 1. The number of aryl methyl sites for hydroxylation is 1. The Bertz CT molecular complexity index is 818. The molecule has 0 radical (unpaired) electrons. The molecule has 1 N–H and O–H groups in total. The van der Waals surface area contributed by atoms with Gasteiger partial charge in [0.1, 0.15) is 0 Å². The average molecular weight is 375 g/mol. The first-order chi connectivity index (χ1) is 12.3. The molecule has 0 saturated carbocycles. The second-order valence-corrected chi connectivity index (χ2v) is 8.21. The van der Waals surface area contributed by atoms with Crippen molar-refractivity contribution in [3.8, 4) is 0 Å². The van der Waals surface area contributed by atoms with Gasteiger partial charge in [-0.2, -0.15) is 0 Å². The molecule has 0 spiro atoms. The van der Waals surface area contributed by atoms with Crippen molar-refractivity contribution in [1.82, 2.24) is 5.32 Å². The molecule has 2 aromatic carbocycles. The van der Waals surface area contributed by atoms with Crippen LogP contribution in [-0.2, 0) is 14.8 Å². The number of amides is 1. The van der Waals surface area contributed by atoms with E-state index in [-0.39, 0.29) is 29.8 Å². The fourth-order valence-corrected chi connectivity index (χ4v) is 3.94. The topological polar surface area (TPSA) is 66.5 Å². The number of anilines is 1. The highest BCUT2D eigenvalue weighted by Crippen LogP contribution is 2.24. The lowest BCUT2D eigenvalue weighted by Crippen LogP contribution is -2.37. The van der Waals surface area contributed by atoms with E-state index >= 15 is 0 Å². The Hall–Kier alpha value is -2.34. The molecule has 1 unspecified atom stereocenters. The Morgan fingerprint density at radius 1 is 1.08 bits per heavy atom. The van der Waals surface area contributed by atoms with Crippen LogP contribution in [0.3, 0.4) is 0 Å². The van der Waals surface area contributed by atoms with E-state index in [1.807, 2.05) is 26.8 Å². The Morgan fingerprint density at radius 3 is 2.27 bits per heavy atom. The first-order valence-electron chi connectivity index (χ1n) is 8.78. The van der Waals surface area contributed by atoms with Crippen molar-refractivity contribution < 1.29 is 13.2 Å². The molecule has 2 rings (SSSR count). The Kier molecular flexibility index (Phi) is 6.80. The summed E-state index contributed by atoms with van der Waals surface area (Å²) in [7, 11) is -3.75. The third kappa shape index (κ3) is 5.08. The zero-order valence-electron chi connectivity index (χ0n) is 15.5. The smallest absolute Gasteiger partial charge is 0.264 e.